The Bertz CT molecular complexity index is 486. The number of ether oxygens (including phenoxy) is 2. The minimum Gasteiger partial charge on any atom is -0.496 e. The molecule has 0 aliphatic heterocycles. The molecular weight excluding hydrogens is 234 g/mol. The molecule has 0 heterocycles. The van der Waals surface area contributed by atoms with Crippen LogP contribution in [0.2, 0.25) is 0 Å². The first kappa shape index (κ1) is 12.7. The number of benzene rings is 1. The van der Waals surface area contributed by atoms with Gasteiger partial charge in [0.15, 0.2) is 0 Å². The van der Waals surface area contributed by atoms with Gasteiger partial charge in [0.1, 0.15) is 17.0 Å². The first-order chi connectivity index (χ1) is 8.51. The minimum absolute atomic E-state index is 0.262. The molecular formula is C13H17NO4. The van der Waals surface area contributed by atoms with Crippen molar-refractivity contribution in [3.8, 4) is 11.5 Å². The molecule has 0 bridgehead atoms. The highest BCUT2D eigenvalue weighted by molar-refractivity contribution is 5.80. The Morgan fingerprint density at radius 1 is 1.28 bits per heavy atom. The molecule has 0 saturated heterocycles. The number of carboxylic acids is 1. The van der Waals surface area contributed by atoms with Crippen molar-refractivity contribution in [1.29, 1.82) is 0 Å². The van der Waals surface area contributed by atoms with E-state index >= 15 is 0 Å². The molecule has 5 nitrogen and oxygen atoms in total. The molecule has 0 fully saturated rings. The van der Waals surface area contributed by atoms with E-state index in [0.717, 1.165) is 16.9 Å². The van der Waals surface area contributed by atoms with Crippen LogP contribution >= 0.6 is 0 Å². The monoisotopic (exact) mass is 251 g/mol. The van der Waals surface area contributed by atoms with E-state index in [0.29, 0.717) is 18.6 Å². The highest BCUT2D eigenvalue weighted by atomic mass is 16.5. The maximum atomic E-state index is 11.2. The molecule has 0 saturated carbocycles. The summed E-state index contributed by atoms with van der Waals surface area (Å²) in [6.45, 7) is 0. The number of aliphatic carboxylic acids is 1. The van der Waals surface area contributed by atoms with Gasteiger partial charge in [-0.3, -0.25) is 4.79 Å². The summed E-state index contributed by atoms with van der Waals surface area (Å²) >= 11 is 0. The van der Waals surface area contributed by atoms with Gasteiger partial charge in [0.05, 0.1) is 14.2 Å². The molecule has 1 aliphatic carbocycles. The molecule has 0 unspecified atom stereocenters. The number of carboxylic acid groups (broad SMARTS) is 1. The van der Waals surface area contributed by atoms with Crippen LogP contribution in [0.4, 0.5) is 0 Å². The molecule has 98 valence electrons. The zero-order chi connectivity index (χ0) is 13.3. The number of hydrogen-bond acceptors (Lipinski definition) is 4. The summed E-state index contributed by atoms with van der Waals surface area (Å²) in [4.78, 5) is 11.2. The van der Waals surface area contributed by atoms with Gasteiger partial charge in [-0.25, -0.2) is 0 Å². The van der Waals surface area contributed by atoms with Crippen molar-refractivity contribution in [3.63, 3.8) is 0 Å². The van der Waals surface area contributed by atoms with Crippen molar-refractivity contribution in [2.75, 3.05) is 14.2 Å². The van der Waals surface area contributed by atoms with Gasteiger partial charge in [-0.15, -0.1) is 0 Å². The lowest BCUT2D eigenvalue weighted by molar-refractivity contribution is -0.143. The van der Waals surface area contributed by atoms with Crippen LogP contribution < -0.4 is 15.2 Å². The number of carbonyl (C=O) groups is 1. The van der Waals surface area contributed by atoms with Crippen LogP contribution in [0.5, 0.6) is 11.5 Å². The van der Waals surface area contributed by atoms with E-state index in [-0.39, 0.29) is 6.42 Å². The van der Waals surface area contributed by atoms with Crippen molar-refractivity contribution in [2.45, 2.75) is 24.8 Å². The number of fused-ring (bicyclic) bond motifs is 1. The van der Waals surface area contributed by atoms with Crippen LogP contribution in [0.25, 0.3) is 0 Å². The Morgan fingerprint density at radius 2 is 1.83 bits per heavy atom. The second-order valence-electron chi connectivity index (χ2n) is 4.57. The zero-order valence-electron chi connectivity index (χ0n) is 10.5. The fraction of sp³-hybridized carbons (Fsp3) is 0.462. The summed E-state index contributed by atoms with van der Waals surface area (Å²) in [5.41, 5.74) is 6.56. The maximum absolute atomic E-state index is 11.2. The molecule has 18 heavy (non-hydrogen) atoms. The SMILES string of the molecule is COc1ccc(OC)c2c1CC[C@@](N)(C(=O)O)C2. The molecule has 1 aliphatic rings. The molecule has 3 N–H and O–H groups in total. The van der Waals surface area contributed by atoms with Gasteiger partial charge in [0.25, 0.3) is 0 Å². The third-order valence-electron chi connectivity index (χ3n) is 3.52. The van der Waals surface area contributed by atoms with Crippen molar-refractivity contribution in [3.05, 3.63) is 23.3 Å². The van der Waals surface area contributed by atoms with Gasteiger partial charge < -0.3 is 20.3 Å². The van der Waals surface area contributed by atoms with E-state index in [2.05, 4.69) is 0 Å². The Labute approximate surface area is 106 Å². The summed E-state index contributed by atoms with van der Waals surface area (Å²) in [7, 11) is 3.17. The highest BCUT2D eigenvalue weighted by Crippen LogP contribution is 2.38. The first-order valence-corrected chi connectivity index (χ1v) is 5.77. The quantitative estimate of drug-likeness (QED) is 0.836. The van der Waals surface area contributed by atoms with Gasteiger partial charge in [0.2, 0.25) is 0 Å². The number of methoxy groups -OCH3 is 2. The largest absolute Gasteiger partial charge is 0.496 e. The van der Waals surface area contributed by atoms with Crippen molar-refractivity contribution >= 4 is 5.97 Å². The van der Waals surface area contributed by atoms with Crippen molar-refractivity contribution in [1.82, 2.24) is 0 Å². The second-order valence-corrected chi connectivity index (χ2v) is 4.57. The van der Waals surface area contributed by atoms with E-state index in [1.807, 2.05) is 6.07 Å². The van der Waals surface area contributed by atoms with Crippen LogP contribution in [0.15, 0.2) is 12.1 Å². The average Bonchev–Trinajstić information content (AvgIpc) is 2.37. The minimum atomic E-state index is -1.22. The molecule has 0 spiro atoms. The molecule has 1 aromatic rings. The smallest absolute Gasteiger partial charge is 0.324 e. The molecule has 0 amide bonds. The fourth-order valence-corrected chi connectivity index (χ4v) is 2.43. The van der Waals surface area contributed by atoms with E-state index in [9.17, 15) is 9.90 Å². The Balaban J connectivity index is 2.50. The number of hydrogen-bond donors (Lipinski definition) is 2. The molecule has 2 rings (SSSR count). The van der Waals surface area contributed by atoms with Crippen molar-refractivity contribution in [2.24, 2.45) is 5.73 Å². The lowest BCUT2D eigenvalue weighted by atomic mass is 9.78. The summed E-state index contributed by atoms with van der Waals surface area (Å²) in [5.74, 6) is 0.456. The van der Waals surface area contributed by atoms with Gasteiger partial charge >= 0.3 is 5.97 Å². The maximum Gasteiger partial charge on any atom is 0.324 e. The van der Waals surface area contributed by atoms with Crippen LogP contribution in [0.3, 0.4) is 0 Å². The Hall–Kier alpha value is -1.75. The average molecular weight is 251 g/mol. The summed E-state index contributed by atoms with van der Waals surface area (Å²) < 4.78 is 10.6. The summed E-state index contributed by atoms with van der Waals surface area (Å²) in [6.07, 6.45) is 1.25. The van der Waals surface area contributed by atoms with Gasteiger partial charge in [-0.1, -0.05) is 0 Å². The normalized spacial score (nSPS) is 22.2. The molecule has 5 heteroatoms. The van der Waals surface area contributed by atoms with E-state index in [1.54, 1.807) is 20.3 Å². The third-order valence-corrected chi connectivity index (χ3v) is 3.52. The van der Waals surface area contributed by atoms with Crippen LogP contribution in [-0.4, -0.2) is 30.8 Å². The lowest BCUT2D eigenvalue weighted by Gasteiger charge is -2.32. The van der Waals surface area contributed by atoms with Crippen LogP contribution in [0.1, 0.15) is 17.5 Å². The predicted molar refractivity (Wildman–Crippen MR) is 66.1 cm³/mol. The predicted octanol–water partition coefficient (Wildman–Crippen LogP) is 0.975. The number of nitrogens with two attached hydrogens (primary N) is 1. The second kappa shape index (κ2) is 4.49. The number of rotatable bonds is 3. The molecule has 1 atom stereocenters. The van der Waals surface area contributed by atoms with Gasteiger partial charge in [0, 0.05) is 17.5 Å². The van der Waals surface area contributed by atoms with Crippen LogP contribution in [-0.2, 0) is 17.6 Å². The van der Waals surface area contributed by atoms with E-state index in [4.69, 9.17) is 15.2 Å². The summed E-state index contributed by atoms with van der Waals surface area (Å²) in [6, 6.07) is 3.62. The third kappa shape index (κ3) is 1.90. The van der Waals surface area contributed by atoms with E-state index in [1.165, 1.54) is 0 Å². The fourth-order valence-electron chi connectivity index (χ4n) is 2.43. The summed E-state index contributed by atoms with van der Waals surface area (Å²) in [5, 5.41) is 9.22. The van der Waals surface area contributed by atoms with E-state index < -0.39 is 11.5 Å². The standard InChI is InChI=1S/C13H17NO4/c1-17-10-3-4-11(18-2)9-7-13(14,12(15)16)6-5-8(9)10/h3-4H,5-7,14H2,1-2H3,(H,15,16)/t13-/m0/s1. The molecule has 0 radical (unpaired) electrons. The zero-order valence-corrected chi connectivity index (χ0v) is 10.5. The lowest BCUT2D eigenvalue weighted by Crippen LogP contribution is -2.52. The molecule has 1 aromatic carbocycles. The van der Waals surface area contributed by atoms with Crippen LogP contribution in [0, 0.1) is 0 Å². The first-order valence-electron chi connectivity index (χ1n) is 5.77. The Kier molecular flexibility index (Phi) is 3.17. The Morgan fingerprint density at radius 3 is 2.33 bits per heavy atom. The van der Waals surface area contributed by atoms with Gasteiger partial charge in [-0.2, -0.15) is 0 Å². The molecule has 0 aromatic heterocycles. The highest BCUT2D eigenvalue weighted by Gasteiger charge is 2.39. The van der Waals surface area contributed by atoms with Gasteiger partial charge in [-0.05, 0) is 25.0 Å². The van der Waals surface area contributed by atoms with Crippen molar-refractivity contribution < 1.29 is 19.4 Å². The topological polar surface area (TPSA) is 81.8 Å².